The molecule has 0 aliphatic carbocycles. The van der Waals surface area contributed by atoms with Crippen LogP contribution in [0.2, 0.25) is 0 Å². The van der Waals surface area contributed by atoms with Crippen LogP contribution in [0.4, 0.5) is 5.69 Å². The van der Waals surface area contributed by atoms with E-state index in [0.29, 0.717) is 35.4 Å². The minimum atomic E-state index is -0.699. The molecule has 2 heterocycles. The van der Waals surface area contributed by atoms with Gasteiger partial charge in [-0.3, -0.25) is 24.5 Å². The Morgan fingerprint density at radius 3 is 2.53 bits per heavy atom. The van der Waals surface area contributed by atoms with Crippen LogP contribution in [-0.4, -0.2) is 41.2 Å². The maximum Gasteiger partial charge on any atom is 0.255 e. The van der Waals surface area contributed by atoms with Crippen LogP contribution in [0, 0.1) is 0 Å². The molecule has 1 saturated heterocycles. The number of anilines is 1. The smallest absolute Gasteiger partial charge is 0.255 e. The van der Waals surface area contributed by atoms with Crippen molar-refractivity contribution in [3.8, 4) is 5.75 Å². The number of amides is 4. The van der Waals surface area contributed by atoms with Crippen LogP contribution in [0.1, 0.15) is 84.6 Å². The van der Waals surface area contributed by atoms with Crippen molar-refractivity contribution in [2.24, 2.45) is 0 Å². The quantitative estimate of drug-likeness (QED) is 0.357. The molecule has 36 heavy (non-hydrogen) atoms. The number of nitrogens with zero attached hydrogens (tertiary/aromatic N) is 1. The molecule has 2 aromatic carbocycles. The van der Waals surface area contributed by atoms with Crippen molar-refractivity contribution in [3.05, 3.63) is 59.2 Å². The predicted octanol–water partition coefficient (Wildman–Crippen LogP) is 4.44. The van der Waals surface area contributed by atoms with Gasteiger partial charge < -0.3 is 15.0 Å². The zero-order valence-electron chi connectivity index (χ0n) is 20.7. The average Bonchev–Trinajstić information content (AvgIpc) is 3.21. The van der Waals surface area contributed by atoms with Gasteiger partial charge in [-0.15, -0.1) is 0 Å². The number of piperidine rings is 1. The molecule has 0 saturated carbocycles. The summed E-state index contributed by atoms with van der Waals surface area (Å²) < 4.78 is 5.79. The van der Waals surface area contributed by atoms with Crippen molar-refractivity contribution in [2.75, 3.05) is 11.9 Å². The van der Waals surface area contributed by atoms with Gasteiger partial charge in [0.2, 0.25) is 11.8 Å². The average molecular weight is 492 g/mol. The van der Waals surface area contributed by atoms with E-state index in [0.717, 1.165) is 18.6 Å². The number of ether oxygens (including phenoxy) is 1. The number of unbranched alkanes of at least 4 members (excludes halogenated alkanes) is 5. The lowest BCUT2D eigenvalue weighted by Gasteiger charge is -2.29. The van der Waals surface area contributed by atoms with E-state index in [1.165, 1.54) is 30.6 Å². The summed E-state index contributed by atoms with van der Waals surface area (Å²) in [6.07, 6.45) is 7.68. The Morgan fingerprint density at radius 1 is 1.03 bits per heavy atom. The van der Waals surface area contributed by atoms with Gasteiger partial charge >= 0.3 is 0 Å². The molecule has 2 aliphatic heterocycles. The molecule has 0 bridgehead atoms. The highest BCUT2D eigenvalue weighted by atomic mass is 16.5. The molecular weight excluding hydrogens is 458 g/mol. The molecule has 8 heteroatoms. The third-order valence-corrected chi connectivity index (χ3v) is 6.71. The second-order valence-corrected chi connectivity index (χ2v) is 9.33. The van der Waals surface area contributed by atoms with E-state index in [9.17, 15) is 19.2 Å². The largest absolute Gasteiger partial charge is 0.494 e. The van der Waals surface area contributed by atoms with Gasteiger partial charge in [0.15, 0.2) is 0 Å². The molecule has 1 fully saturated rings. The molecule has 1 unspecified atom stereocenters. The summed E-state index contributed by atoms with van der Waals surface area (Å²) >= 11 is 0. The van der Waals surface area contributed by atoms with Crippen LogP contribution < -0.4 is 15.4 Å². The van der Waals surface area contributed by atoms with E-state index in [1.54, 1.807) is 42.5 Å². The molecule has 4 rings (SSSR count). The van der Waals surface area contributed by atoms with Crippen LogP contribution in [0.3, 0.4) is 0 Å². The summed E-state index contributed by atoms with van der Waals surface area (Å²) in [5, 5.41) is 5.20. The Morgan fingerprint density at radius 2 is 1.78 bits per heavy atom. The number of carbonyl (C=O) groups excluding carboxylic acids is 4. The first kappa shape index (κ1) is 25.4. The lowest BCUT2D eigenvalue weighted by Crippen LogP contribution is -2.52. The van der Waals surface area contributed by atoms with Gasteiger partial charge in [-0.1, -0.05) is 45.1 Å². The summed E-state index contributed by atoms with van der Waals surface area (Å²) in [5.41, 5.74) is 2.13. The van der Waals surface area contributed by atoms with Gasteiger partial charge in [0, 0.05) is 35.3 Å². The van der Waals surface area contributed by atoms with Crippen molar-refractivity contribution in [1.82, 2.24) is 10.2 Å². The molecule has 2 aliphatic rings. The summed E-state index contributed by atoms with van der Waals surface area (Å²) in [4.78, 5) is 51.1. The molecule has 190 valence electrons. The van der Waals surface area contributed by atoms with Crippen molar-refractivity contribution >= 4 is 29.3 Å². The fourth-order valence-electron chi connectivity index (χ4n) is 4.67. The number of rotatable bonds is 11. The number of hydrogen-bond donors (Lipinski definition) is 2. The Labute approximate surface area is 211 Å². The maximum atomic E-state index is 13.0. The lowest BCUT2D eigenvalue weighted by molar-refractivity contribution is -0.136. The lowest BCUT2D eigenvalue weighted by atomic mass is 10.0. The second-order valence-electron chi connectivity index (χ2n) is 9.33. The molecule has 0 spiro atoms. The van der Waals surface area contributed by atoms with Gasteiger partial charge in [0.1, 0.15) is 11.8 Å². The minimum absolute atomic E-state index is 0.193. The Kier molecular flexibility index (Phi) is 8.36. The zero-order valence-corrected chi connectivity index (χ0v) is 20.7. The number of imide groups is 1. The number of nitrogens with one attached hydrogen (secondary N) is 2. The second kappa shape index (κ2) is 11.8. The standard InChI is InChI=1S/C28H33N3O5/c1-2-3-4-5-6-7-17-36-20-13-11-19(12-14-20)26(33)29-23-10-8-9-21-22(23)18-31(28(21)35)24-15-16-25(32)30-27(24)34/h8-14,24H,2-7,15-18H2,1H3,(H,29,33)(H,30,32,34). The molecule has 1 atom stereocenters. The van der Waals surface area contributed by atoms with Crippen molar-refractivity contribution in [1.29, 1.82) is 0 Å². The van der Waals surface area contributed by atoms with E-state index in [2.05, 4.69) is 17.6 Å². The summed E-state index contributed by atoms with van der Waals surface area (Å²) in [5.74, 6) is -0.629. The molecule has 2 aromatic rings. The Bertz CT molecular complexity index is 1130. The normalized spacial score (nSPS) is 17.1. The zero-order chi connectivity index (χ0) is 25.5. The first-order valence-electron chi connectivity index (χ1n) is 12.8. The topological polar surface area (TPSA) is 105 Å². The number of hydrogen-bond acceptors (Lipinski definition) is 5. The van der Waals surface area contributed by atoms with Gasteiger partial charge in [-0.2, -0.15) is 0 Å². The minimum Gasteiger partial charge on any atom is -0.494 e. The summed E-state index contributed by atoms with van der Waals surface area (Å²) in [6, 6.07) is 11.5. The molecule has 0 aromatic heterocycles. The third-order valence-electron chi connectivity index (χ3n) is 6.71. The first-order chi connectivity index (χ1) is 17.5. The highest BCUT2D eigenvalue weighted by molar-refractivity contribution is 6.08. The summed E-state index contributed by atoms with van der Waals surface area (Å²) in [7, 11) is 0. The van der Waals surface area contributed by atoms with Crippen LogP contribution in [0.25, 0.3) is 0 Å². The molecular formula is C28H33N3O5. The highest BCUT2D eigenvalue weighted by Gasteiger charge is 2.39. The summed E-state index contributed by atoms with van der Waals surface area (Å²) in [6.45, 7) is 3.06. The van der Waals surface area contributed by atoms with Gasteiger partial charge in [0.05, 0.1) is 6.61 Å². The SMILES string of the molecule is CCCCCCCCOc1ccc(C(=O)Nc2cccc3c2CN(C2CCC(=O)NC2=O)C3=O)cc1. The van der Waals surface area contributed by atoms with Crippen LogP contribution >= 0.6 is 0 Å². The van der Waals surface area contributed by atoms with Gasteiger partial charge in [-0.25, -0.2) is 0 Å². The molecule has 0 radical (unpaired) electrons. The third kappa shape index (κ3) is 5.93. The number of carbonyl (C=O) groups is 4. The number of fused-ring (bicyclic) bond motifs is 1. The number of benzene rings is 2. The van der Waals surface area contributed by atoms with Gasteiger partial charge in [0.25, 0.3) is 11.8 Å². The predicted molar refractivity (Wildman–Crippen MR) is 136 cm³/mol. The molecule has 2 N–H and O–H groups in total. The van der Waals surface area contributed by atoms with E-state index >= 15 is 0 Å². The van der Waals surface area contributed by atoms with Crippen molar-refractivity contribution < 1.29 is 23.9 Å². The fraction of sp³-hybridized carbons (Fsp3) is 0.429. The Balaban J connectivity index is 1.34. The highest BCUT2D eigenvalue weighted by Crippen LogP contribution is 2.32. The van der Waals surface area contributed by atoms with E-state index in [-0.39, 0.29) is 30.7 Å². The van der Waals surface area contributed by atoms with E-state index in [1.807, 2.05) is 0 Å². The maximum absolute atomic E-state index is 13.0. The monoisotopic (exact) mass is 491 g/mol. The van der Waals surface area contributed by atoms with E-state index in [4.69, 9.17) is 4.74 Å². The van der Waals surface area contributed by atoms with Crippen molar-refractivity contribution in [2.45, 2.75) is 70.9 Å². The first-order valence-corrected chi connectivity index (χ1v) is 12.8. The van der Waals surface area contributed by atoms with Gasteiger partial charge in [-0.05, 0) is 49.2 Å². The fourth-order valence-corrected chi connectivity index (χ4v) is 4.67. The van der Waals surface area contributed by atoms with Crippen molar-refractivity contribution in [3.63, 3.8) is 0 Å². The van der Waals surface area contributed by atoms with Crippen LogP contribution in [0.15, 0.2) is 42.5 Å². The van der Waals surface area contributed by atoms with E-state index < -0.39 is 11.9 Å². The molecule has 4 amide bonds. The Hall–Kier alpha value is -3.68. The molecule has 8 nitrogen and oxygen atoms in total. The van der Waals surface area contributed by atoms with Crippen LogP contribution in [0.5, 0.6) is 5.75 Å². The van der Waals surface area contributed by atoms with Crippen LogP contribution in [-0.2, 0) is 16.1 Å².